The normalized spacial score (nSPS) is 16.7. The Morgan fingerprint density at radius 1 is 1.15 bits per heavy atom. The van der Waals surface area contributed by atoms with Crippen molar-refractivity contribution in [3.05, 3.63) is 53.6 Å². The molecule has 0 bridgehead atoms. The van der Waals surface area contributed by atoms with Crippen molar-refractivity contribution >= 4 is 11.9 Å². The predicted molar refractivity (Wildman–Crippen MR) is 99.8 cm³/mol. The number of aromatic nitrogens is 5. The lowest BCUT2D eigenvalue weighted by Gasteiger charge is -2.17. The van der Waals surface area contributed by atoms with Gasteiger partial charge in [0.2, 0.25) is 5.95 Å². The van der Waals surface area contributed by atoms with E-state index in [1.54, 1.807) is 12.3 Å². The first-order chi connectivity index (χ1) is 13.0. The third kappa shape index (κ3) is 3.38. The molecule has 0 aliphatic carbocycles. The zero-order valence-electron chi connectivity index (χ0n) is 15.2. The molecule has 4 heterocycles. The van der Waals surface area contributed by atoms with Crippen LogP contribution < -0.4 is 4.90 Å². The summed E-state index contributed by atoms with van der Waals surface area (Å²) in [6.45, 7) is 5.70. The molecular weight excluding hydrogens is 344 g/mol. The number of rotatable bonds is 4. The van der Waals surface area contributed by atoms with Gasteiger partial charge in [0.15, 0.2) is 0 Å². The van der Waals surface area contributed by atoms with Crippen molar-refractivity contribution in [1.29, 1.82) is 0 Å². The molecule has 0 saturated carbocycles. The molecule has 1 atom stereocenters. The van der Waals surface area contributed by atoms with Crippen molar-refractivity contribution in [2.75, 3.05) is 18.0 Å². The van der Waals surface area contributed by atoms with E-state index in [2.05, 4.69) is 42.6 Å². The molecule has 1 aliphatic heterocycles. The molecule has 8 nitrogen and oxygen atoms in total. The van der Waals surface area contributed by atoms with E-state index in [1.165, 1.54) is 18.3 Å². The predicted octanol–water partition coefficient (Wildman–Crippen LogP) is 2.50. The Balaban J connectivity index is 1.57. The van der Waals surface area contributed by atoms with Gasteiger partial charge >= 0.3 is 5.97 Å². The number of hydrogen-bond donors (Lipinski definition) is 1. The van der Waals surface area contributed by atoms with Gasteiger partial charge in [-0.25, -0.2) is 14.8 Å². The van der Waals surface area contributed by atoms with Crippen LogP contribution in [0.25, 0.3) is 11.4 Å². The first-order valence-electron chi connectivity index (χ1n) is 8.82. The number of pyridine rings is 1. The fraction of sp³-hybridized carbons (Fsp3) is 0.316. The lowest BCUT2D eigenvalue weighted by molar-refractivity contribution is 0.0697. The van der Waals surface area contributed by atoms with E-state index in [9.17, 15) is 4.79 Å². The van der Waals surface area contributed by atoms with Crippen molar-refractivity contribution in [3.8, 4) is 11.4 Å². The van der Waals surface area contributed by atoms with Crippen LogP contribution in [0.2, 0.25) is 0 Å². The first-order valence-corrected chi connectivity index (χ1v) is 8.82. The number of carboxylic acids is 1. The summed E-state index contributed by atoms with van der Waals surface area (Å²) in [4.78, 5) is 26.6. The van der Waals surface area contributed by atoms with E-state index in [-0.39, 0.29) is 5.56 Å². The lowest BCUT2D eigenvalue weighted by Crippen LogP contribution is -2.23. The number of anilines is 1. The SMILES string of the molecule is Cc1cc(C)n([C@H]2CCN(c3nccc(-c4cc(C(=O)O)ccn4)n3)C2)n1. The highest BCUT2D eigenvalue weighted by molar-refractivity contribution is 5.88. The molecule has 1 fully saturated rings. The topological polar surface area (TPSA) is 97.0 Å². The smallest absolute Gasteiger partial charge is 0.335 e. The van der Waals surface area contributed by atoms with E-state index in [4.69, 9.17) is 5.11 Å². The average Bonchev–Trinajstić information content (AvgIpc) is 3.28. The van der Waals surface area contributed by atoms with Gasteiger partial charge in [-0.2, -0.15) is 5.10 Å². The number of hydrogen-bond acceptors (Lipinski definition) is 6. The molecule has 3 aromatic heterocycles. The molecule has 4 rings (SSSR count). The molecule has 0 spiro atoms. The Morgan fingerprint density at radius 2 is 1.96 bits per heavy atom. The van der Waals surface area contributed by atoms with E-state index >= 15 is 0 Å². The van der Waals surface area contributed by atoms with E-state index < -0.39 is 5.97 Å². The Kier molecular flexibility index (Phi) is 4.31. The fourth-order valence-electron chi connectivity index (χ4n) is 3.49. The van der Waals surface area contributed by atoms with Gasteiger partial charge in [-0.1, -0.05) is 0 Å². The Bertz CT molecular complexity index is 999. The monoisotopic (exact) mass is 364 g/mol. The van der Waals surface area contributed by atoms with E-state index in [1.807, 2.05) is 6.92 Å². The van der Waals surface area contributed by atoms with Gasteiger partial charge in [0.25, 0.3) is 0 Å². The van der Waals surface area contributed by atoms with Gasteiger partial charge in [-0.15, -0.1) is 0 Å². The minimum absolute atomic E-state index is 0.186. The van der Waals surface area contributed by atoms with Crippen LogP contribution in [0.1, 0.15) is 34.2 Å². The summed E-state index contributed by atoms with van der Waals surface area (Å²) in [6, 6.07) is 7.11. The van der Waals surface area contributed by atoms with Crippen LogP contribution in [0.5, 0.6) is 0 Å². The molecule has 138 valence electrons. The molecule has 0 amide bonds. The number of aryl methyl sites for hydroxylation is 2. The minimum Gasteiger partial charge on any atom is -0.478 e. The maximum Gasteiger partial charge on any atom is 0.335 e. The Hall–Kier alpha value is -3.29. The van der Waals surface area contributed by atoms with Crippen molar-refractivity contribution in [2.24, 2.45) is 0 Å². The molecule has 1 saturated heterocycles. The van der Waals surface area contributed by atoms with Gasteiger partial charge in [0.1, 0.15) is 0 Å². The highest BCUT2D eigenvalue weighted by Gasteiger charge is 2.27. The molecule has 1 aliphatic rings. The summed E-state index contributed by atoms with van der Waals surface area (Å²) in [7, 11) is 0. The molecule has 0 unspecified atom stereocenters. The maximum atomic E-state index is 11.2. The van der Waals surface area contributed by atoms with Gasteiger partial charge < -0.3 is 10.0 Å². The van der Waals surface area contributed by atoms with Crippen LogP contribution >= 0.6 is 0 Å². The first kappa shape index (κ1) is 17.1. The number of nitrogens with zero attached hydrogens (tertiary/aromatic N) is 6. The van der Waals surface area contributed by atoms with Crippen LogP contribution in [-0.2, 0) is 0 Å². The van der Waals surface area contributed by atoms with Crippen molar-refractivity contribution in [2.45, 2.75) is 26.3 Å². The van der Waals surface area contributed by atoms with Crippen LogP contribution in [0, 0.1) is 13.8 Å². The number of carboxylic acid groups (broad SMARTS) is 1. The van der Waals surface area contributed by atoms with Crippen LogP contribution in [-0.4, -0.2) is 48.9 Å². The molecule has 3 aromatic rings. The molecule has 0 radical (unpaired) electrons. The minimum atomic E-state index is -0.986. The second-order valence-electron chi connectivity index (χ2n) is 6.74. The van der Waals surface area contributed by atoms with Crippen LogP contribution in [0.15, 0.2) is 36.7 Å². The average molecular weight is 364 g/mol. The Labute approximate surface area is 156 Å². The summed E-state index contributed by atoms with van der Waals surface area (Å²) in [5, 5.41) is 13.8. The number of aromatic carboxylic acids is 1. The molecule has 1 N–H and O–H groups in total. The van der Waals surface area contributed by atoms with Crippen molar-refractivity contribution in [3.63, 3.8) is 0 Å². The summed E-state index contributed by atoms with van der Waals surface area (Å²) >= 11 is 0. The summed E-state index contributed by atoms with van der Waals surface area (Å²) < 4.78 is 2.08. The van der Waals surface area contributed by atoms with Crippen molar-refractivity contribution in [1.82, 2.24) is 24.7 Å². The second-order valence-corrected chi connectivity index (χ2v) is 6.74. The molecule has 0 aromatic carbocycles. The zero-order chi connectivity index (χ0) is 19.0. The molecule has 27 heavy (non-hydrogen) atoms. The van der Waals surface area contributed by atoms with Gasteiger partial charge in [-0.05, 0) is 44.5 Å². The summed E-state index contributed by atoms with van der Waals surface area (Å²) in [5.74, 6) is -0.362. The highest BCUT2D eigenvalue weighted by Crippen LogP contribution is 2.27. The number of carbonyl (C=O) groups is 1. The summed E-state index contributed by atoms with van der Waals surface area (Å²) in [6.07, 6.45) is 4.14. The lowest BCUT2D eigenvalue weighted by atomic mass is 10.2. The zero-order valence-corrected chi connectivity index (χ0v) is 15.2. The molecular formula is C19H20N6O2. The summed E-state index contributed by atoms with van der Waals surface area (Å²) in [5.41, 5.74) is 3.49. The van der Waals surface area contributed by atoms with E-state index in [0.29, 0.717) is 23.4 Å². The second kappa shape index (κ2) is 6.79. The Morgan fingerprint density at radius 3 is 2.70 bits per heavy atom. The largest absolute Gasteiger partial charge is 0.478 e. The van der Waals surface area contributed by atoms with E-state index in [0.717, 1.165) is 30.9 Å². The third-order valence-corrected chi connectivity index (χ3v) is 4.75. The van der Waals surface area contributed by atoms with Gasteiger partial charge in [0.05, 0.1) is 28.7 Å². The van der Waals surface area contributed by atoms with Gasteiger partial charge in [-0.3, -0.25) is 9.67 Å². The molecule has 8 heteroatoms. The highest BCUT2D eigenvalue weighted by atomic mass is 16.4. The van der Waals surface area contributed by atoms with Crippen LogP contribution in [0.4, 0.5) is 5.95 Å². The van der Waals surface area contributed by atoms with Crippen LogP contribution in [0.3, 0.4) is 0 Å². The maximum absolute atomic E-state index is 11.2. The fourth-order valence-corrected chi connectivity index (χ4v) is 3.49. The quantitative estimate of drug-likeness (QED) is 0.759. The third-order valence-electron chi connectivity index (χ3n) is 4.75. The van der Waals surface area contributed by atoms with Gasteiger partial charge in [0, 0.05) is 31.2 Å². The standard InChI is InChI=1S/C19H20N6O2/c1-12-9-13(2)25(23-12)15-5-8-24(11-15)19-21-7-4-16(22-19)17-10-14(18(26)27)3-6-20-17/h3-4,6-7,9-10,15H,5,8,11H2,1-2H3,(H,26,27)/t15-/m0/s1. The van der Waals surface area contributed by atoms with Crippen molar-refractivity contribution < 1.29 is 9.90 Å².